The lowest BCUT2D eigenvalue weighted by Crippen LogP contribution is -2.23. The summed E-state index contributed by atoms with van der Waals surface area (Å²) in [5, 5.41) is 2.49. The highest BCUT2D eigenvalue weighted by Gasteiger charge is 2.37. The Morgan fingerprint density at radius 1 is 1.06 bits per heavy atom. The predicted molar refractivity (Wildman–Crippen MR) is 115 cm³/mol. The van der Waals surface area contributed by atoms with Gasteiger partial charge in [-0.3, -0.25) is 4.79 Å². The van der Waals surface area contributed by atoms with Crippen LogP contribution in [0.1, 0.15) is 21.5 Å². The molecule has 4 aromatic rings. The molecule has 2 heterocycles. The van der Waals surface area contributed by atoms with Crippen LogP contribution in [0.3, 0.4) is 0 Å². The molecule has 0 aliphatic carbocycles. The van der Waals surface area contributed by atoms with Gasteiger partial charge in [0, 0.05) is 30.2 Å². The van der Waals surface area contributed by atoms with E-state index < -0.39 is 26.5 Å². The average Bonchev–Trinajstić information content (AvgIpc) is 3.25. The van der Waals surface area contributed by atoms with Crippen molar-refractivity contribution >= 4 is 33.0 Å². The fourth-order valence-corrected chi connectivity index (χ4v) is 4.84. The molecule has 0 fully saturated rings. The van der Waals surface area contributed by atoms with Crippen LogP contribution in [0, 0.1) is 0 Å². The molecule has 0 saturated carbocycles. The van der Waals surface area contributed by atoms with Crippen LogP contribution in [0.15, 0.2) is 83.0 Å². The van der Waals surface area contributed by atoms with Gasteiger partial charge in [-0.1, -0.05) is 23.7 Å². The average molecular weight is 494 g/mol. The molecule has 11 heteroatoms. The van der Waals surface area contributed by atoms with Crippen LogP contribution in [-0.2, 0) is 22.6 Å². The lowest BCUT2D eigenvalue weighted by atomic mass is 10.2. The second-order valence-electron chi connectivity index (χ2n) is 7.08. The first-order chi connectivity index (χ1) is 15.6. The Kier molecular flexibility index (Phi) is 5.89. The Labute approximate surface area is 191 Å². The molecular formula is C22H15ClF3N3O3S. The Morgan fingerprint density at radius 2 is 1.79 bits per heavy atom. The van der Waals surface area contributed by atoms with Gasteiger partial charge in [0.05, 0.1) is 20.9 Å². The Balaban J connectivity index is 1.52. The molecule has 2 aromatic heterocycles. The fraction of sp³-hybridized carbons (Fsp3) is 0.0909. The fourth-order valence-electron chi connectivity index (χ4n) is 3.21. The van der Waals surface area contributed by atoms with Gasteiger partial charge in [-0.05, 0) is 48.0 Å². The van der Waals surface area contributed by atoms with Gasteiger partial charge in [0.2, 0.25) is 9.84 Å². The van der Waals surface area contributed by atoms with E-state index in [9.17, 15) is 26.4 Å². The van der Waals surface area contributed by atoms with E-state index in [1.54, 1.807) is 35.1 Å². The van der Waals surface area contributed by atoms with E-state index >= 15 is 0 Å². The summed E-state index contributed by atoms with van der Waals surface area (Å²) in [5.74, 6) is -0.349. The lowest BCUT2D eigenvalue weighted by molar-refractivity contribution is -0.139. The maximum Gasteiger partial charge on any atom is 0.417 e. The molecule has 0 atom stereocenters. The van der Waals surface area contributed by atoms with Crippen molar-refractivity contribution in [2.75, 3.05) is 0 Å². The summed E-state index contributed by atoms with van der Waals surface area (Å²) in [6, 6.07) is 11.1. The zero-order chi connectivity index (χ0) is 23.8. The normalized spacial score (nSPS) is 12.1. The van der Waals surface area contributed by atoms with Gasteiger partial charge in [0.15, 0.2) is 0 Å². The molecule has 1 N–H and O–H groups in total. The molecule has 0 saturated heterocycles. The van der Waals surface area contributed by atoms with Crippen LogP contribution < -0.4 is 5.32 Å². The van der Waals surface area contributed by atoms with E-state index in [4.69, 9.17) is 11.6 Å². The van der Waals surface area contributed by atoms with Gasteiger partial charge >= 0.3 is 6.18 Å². The third kappa shape index (κ3) is 4.71. The zero-order valence-electron chi connectivity index (χ0n) is 16.7. The number of hydrogen-bond acceptors (Lipinski definition) is 4. The Bertz CT molecular complexity index is 1450. The van der Waals surface area contributed by atoms with Gasteiger partial charge in [0.1, 0.15) is 5.65 Å². The van der Waals surface area contributed by atoms with Crippen molar-refractivity contribution in [1.29, 1.82) is 0 Å². The summed E-state index contributed by atoms with van der Waals surface area (Å²) in [4.78, 5) is 15.3. The molecule has 1 amide bonds. The van der Waals surface area contributed by atoms with Crippen molar-refractivity contribution in [2.24, 2.45) is 0 Å². The third-order valence-corrected chi connectivity index (χ3v) is 6.94. The van der Waals surface area contributed by atoms with Gasteiger partial charge in [-0.15, -0.1) is 0 Å². The van der Waals surface area contributed by atoms with Crippen molar-refractivity contribution in [1.82, 2.24) is 14.7 Å². The molecule has 170 valence electrons. The van der Waals surface area contributed by atoms with E-state index in [-0.39, 0.29) is 22.4 Å². The Hall–Kier alpha value is -3.37. The van der Waals surface area contributed by atoms with Gasteiger partial charge in [-0.2, -0.15) is 13.2 Å². The summed E-state index contributed by atoms with van der Waals surface area (Å²) < 4.78 is 67.4. The van der Waals surface area contributed by atoms with Crippen LogP contribution in [0.2, 0.25) is 5.02 Å². The van der Waals surface area contributed by atoms with Crippen molar-refractivity contribution in [2.45, 2.75) is 22.5 Å². The van der Waals surface area contributed by atoms with Gasteiger partial charge < -0.3 is 9.72 Å². The molecule has 0 radical (unpaired) electrons. The topological polar surface area (TPSA) is 80.5 Å². The lowest BCUT2D eigenvalue weighted by Gasteiger charge is -2.14. The number of carbonyl (C=O) groups excluding carboxylic acids is 1. The zero-order valence-corrected chi connectivity index (χ0v) is 18.2. The highest BCUT2D eigenvalue weighted by atomic mass is 35.5. The first kappa shape index (κ1) is 22.8. The Morgan fingerprint density at radius 3 is 2.48 bits per heavy atom. The molecule has 4 rings (SSSR count). The summed E-state index contributed by atoms with van der Waals surface area (Å²) >= 11 is 5.63. The minimum Gasteiger partial charge on any atom is -0.348 e. The number of rotatable bonds is 5. The van der Waals surface area contributed by atoms with E-state index in [2.05, 4.69) is 10.3 Å². The monoisotopic (exact) mass is 493 g/mol. The third-order valence-electron chi connectivity index (χ3n) is 4.87. The van der Waals surface area contributed by atoms with E-state index in [1.807, 2.05) is 0 Å². The number of benzene rings is 2. The standard InChI is InChI=1S/C22H15ClF3N3O3S/c23-16-4-7-19(18(11-16)22(24,25)26)33(31,32)17-5-1-14(2-6-17)12-28-21(30)15-3-8-20-27-9-10-29(20)13-15/h1-11,13H,12H2,(H,28,30). The molecule has 0 unspecified atom stereocenters. The first-order valence-corrected chi connectivity index (χ1v) is 11.3. The first-order valence-electron chi connectivity index (χ1n) is 9.47. The SMILES string of the molecule is O=C(NCc1ccc(S(=O)(=O)c2ccc(Cl)cc2C(F)(F)F)cc1)c1ccc2nccn2c1. The summed E-state index contributed by atoms with van der Waals surface area (Å²) in [7, 11) is -4.45. The maximum atomic E-state index is 13.4. The number of carbonyl (C=O) groups is 1. The highest BCUT2D eigenvalue weighted by molar-refractivity contribution is 7.91. The smallest absolute Gasteiger partial charge is 0.348 e. The summed E-state index contributed by atoms with van der Waals surface area (Å²) in [6.07, 6.45) is 0.0411. The van der Waals surface area contributed by atoms with Crippen LogP contribution in [0.25, 0.3) is 5.65 Å². The van der Waals surface area contributed by atoms with Crippen molar-refractivity contribution in [3.05, 3.63) is 94.9 Å². The van der Waals surface area contributed by atoms with E-state index in [0.717, 1.165) is 12.1 Å². The second-order valence-corrected chi connectivity index (χ2v) is 9.43. The maximum absolute atomic E-state index is 13.4. The number of aromatic nitrogens is 2. The van der Waals surface area contributed by atoms with Crippen molar-refractivity contribution < 1.29 is 26.4 Å². The molecule has 0 aliphatic rings. The number of hydrogen-bond donors (Lipinski definition) is 1. The van der Waals surface area contributed by atoms with Crippen LogP contribution >= 0.6 is 11.6 Å². The predicted octanol–water partition coefficient (Wildman–Crippen LogP) is 4.77. The molecule has 6 nitrogen and oxygen atoms in total. The largest absolute Gasteiger partial charge is 0.417 e. The van der Waals surface area contributed by atoms with Crippen LogP contribution in [0.4, 0.5) is 13.2 Å². The second kappa shape index (κ2) is 8.53. The van der Waals surface area contributed by atoms with Gasteiger partial charge in [-0.25, -0.2) is 13.4 Å². The van der Waals surface area contributed by atoms with Crippen molar-refractivity contribution in [3.8, 4) is 0 Å². The van der Waals surface area contributed by atoms with Crippen molar-refractivity contribution in [3.63, 3.8) is 0 Å². The number of nitrogens with zero attached hydrogens (tertiary/aromatic N) is 2. The molecule has 0 aliphatic heterocycles. The quantitative estimate of drug-likeness (QED) is 0.434. The number of halogens is 4. The molecule has 2 aromatic carbocycles. The minimum absolute atomic E-state index is 0.0931. The number of alkyl halides is 3. The summed E-state index contributed by atoms with van der Waals surface area (Å²) in [5.41, 5.74) is 0.333. The van der Waals surface area contributed by atoms with E-state index in [0.29, 0.717) is 22.8 Å². The number of amides is 1. The van der Waals surface area contributed by atoms with Crippen LogP contribution in [0.5, 0.6) is 0 Å². The molecule has 0 bridgehead atoms. The molecule has 33 heavy (non-hydrogen) atoms. The van der Waals surface area contributed by atoms with Crippen LogP contribution in [-0.4, -0.2) is 23.7 Å². The minimum atomic E-state index is -4.89. The number of nitrogens with one attached hydrogen (secondary N) is 1. The number of imidazole rings is 1. The van der Waals surface area contributed by atoms with Gasteiger partial charge in [0.25, 0.3) is 5.91 Å². The number of pyridine rings is 1. The number of fused-ring (bicyclic) bond motifs is 1. The highest BCUT2D eigenvalue weighted by Crippen LogP contribution is 2.37. The summed E-state index contributed by atoms with van der Waals surface area (Å²) in [6.45, 7) is 0.0931. The number of sulfone groups is 1. The van der Waals surface area contributed by atoms with E-state index in [1.165, 1.54) is 24.3 Å². The molecule has 0 spiro atoms. The molecular weight excluding hydrogens is 479 g/mol.